The van der Waals surface area contributed by atoms with Gasteiger partial charge >= 0.3 is 0 Å². The molecular formula is C7H8N4. The van der Waals surface area contributed by atoms with Gasteiger partial charge in [-0.2, -0.15) is 0 Å². The average Bonchev–Trinajstić information content (AvgIpc) is 2.55. The van der Waals surface area contributed by atoms with E-state index in [-0.39, 0.29) is 0 Å². The lowest BCUT2D eigenvalue weighted by atomic mass is 10.3. The van der Waals surface area contributed by atoms with E-state index in [1.54, 1.807) is 12.5 Å². The van der Waals surface area contributed by atoms with Crippen LogP contribution in [0.25, 0.3) is 11.3 Å². The molecular weight excluding hydrogens is 140 g/mol. The summed E-state index contributed by atoms with van der Waals surface area (Å²) in [5.74, 6) is 5.43. The summed E-state index contributed by atoms with van der Waals surface area (Å²) < 4.78 is 1.43. The zero-order valence-electron chi connectivity index (χ0n) is 5.86. The van der Waals surface area contributed by atoms with Crippen LogP contribution in [0.3, 0.4) is 0 Å². The van der Waals surface area contributed by atoms with Gasteiger partial charge in [-0.25, -0.2) is 4.98 Å². The van der Waals surface area contributed by atoms with Crippen molar-refractivity contribution in [3.8, 4) is 11.3 Å². The summed E-state index contributed by atoms with van der Waals surface area (Å²) in [6.07, 6.45) is 7.07. The number of hydrogen-bond acceptors (Lipinski definition) is 2. The lowest BCUT2D eigenvalue weighted by Gasteiger charge is -1.86. The van der Waals surface area contributed by atoms with Crippen LogP contribution in [0.4, 0.5) is 0 Å². The Bertz CT molecular complexity index is 333. The summed E-state index contributed by atoms with van der Waals surface area (Å²) in [5, 5.41) is 0. The van der Waals surface area contributed by atoms with Crippen LogP contribution in [0.15, 0.2) is 31.0 Å². The molecule has 2 aromatic rings. The molecule has 0 aliphatic carbocycles. The van der Waals surface area contributed by atoms with E-state index in [1.807, 2.05) is 18.5 Å². The Morgan fingerprint density at radius 3 is 3.00 bits per heavy atom. The van der Waals surface area contributed by atoms with Crippen molar-refractivity contribution in [2.24, 2.45) is 0 Å². The van der Waals surface area contributed by atoms with Crippen LogP contribution in [-0.4, -0.2) is 14.6 Å². The lowest BCUT2D eigenvalue weighted by molar-refractivity contribution is 1.00. The van der Waals surface area contributed by atoms with E-state index in [0.29, 0.717) is 0 Å². The van der Waals surface area contributed by atoms with Crippen molar-refractivity contribution < 1.29 is 0 Å². The molecule has 0 atom stereocenters. The standard InChI is InChI=1S/C7H8N4/c8-11-4-7(10-5-11)6-1-2-9-3-6/h1-5,9H,8H2. The number of aromatic amines is 1. The Morgan fingerprint density at radius 2 is 2.45 bits per heavy atom. The van der Waals surface area contributed by atoms with E-state index in [9.17, 15) is 0 Å². The van der Waals surface area contributed by atoms with Crippen molar-refractivity contribution in [3.63, 3.8) is 0 Å². The number of hydrogen-bond donors (Lipinski definition) is 2. The molecule has 56 valence electrons. The predicted octanol–water partition coefficient (Wildman–Crippen LogP) is 0.592. The molecule has 2 rings (SSSR count). The average molecular weight is 148 g/mol. The van der Waals surface area contributed by atoms with E-state index >= 15 is 0 Å². The molecule has 0 spiro atoms. The molecule has 0 aromatic carbocycles. The number of H-pyrrole nitrogens is 1. The molecule has 0 aliphatic rings. The van der Waals surface area contributed by atoms with E-state index in [4.69, 9.17) is 5.84 Å². The van der Waals surface area contributed by atoms with Crippen LogP contribution in [0, 0.1) is 0 Å². The third-order valence-corrected chi connectivity index (χ3v) is 1.50. The van der Waals surface area contributed by atoms with Crippen molar-refractivity contribution in [2.45, 2.75) is 0 Å². The number of aromatic nitrogens is 3. The molecule has 0 fully saturated rings. The number of rotatable bonds is 1. The first kappa shape index (κ1) is 6.03. The number of nitrogens with two attached hydrogens (primary N) is 1. The van der Waals surface area contributed by atoms with Gasteiger partial charge < -0.3 is 10.8 Å². The summed E-state index contributed by atoms with van der Waals surface area (Å²) in [7, 11) is 0. The summed E-state index contributed by atoms with van der Waals surface area (Å²) in [6.45, 7) is 0. The van der Waals surface area contributed by atoms with Crippen LogP contribution in [0.5, 0.6) is 0 Å². The number of nitrogens with one attached hydrogen (secondary N) is 1. The summed E-state index contributed by atoms with van der Waals surface area (Å²) in [6, 6.07) is 1.95. The second kappa shape index (κ2) is 2.16. The van der Waals surface area contributed by atoms with Gasteiger partial charge in [-0.3, -0.25) is 4.68 Å². The second-order valence-electron chi connectivity index (χ2n) is 2.31. The monoisotopic (exact) mass is 148 g/mol. The van der Waals surface area contributed by atoms with Gasteiger partial charge in [0, 0.05) is 18.0 Å². The third-order valence-electron chi connectivity index (χ3n) is 1.50. The first-order valence-electron chi connectivity index (χ1n) is 3.28. The highest BCUT2D eigenvalue weighted by Crippen LogP contribution is 2.13. The summed E-state index contributed by atoms with van der Waals surface area (Å²) in [5.41, 5.74) is 1.93. The van der Waals surface area contributed by atoms with Gasteiger partial charge in [0.1, 0.15) is 6.33 Å². The van der Waals surface area contributed by atoms with Crippen LogP contribution >= 0.6 is 0 Å². The molecule has 4 heteroatoms. The molecule has 4 nitrogen and oxygen atoms in total. The van der Waals surface area contributed by atoms with E-state index < -0.39 is 0 Å². The fraction of sp³-hybridized carbons (Fsp3) is 0. The molecule has 11 heavy (non-hydrogen) atoms. The fourth-order valence-corrected chi connectivity index (χ4v) is 0.969. The zero-order chi connectivity index (χ0) is 7.68. The van der Waals surface area contributed by atoms with Gasteiger partial charge in [-0.05, 0) is 6.07 Å². The topological polar surface area (TPSA) is 59.6 Å². The van der Waals surface area contributed by atoms with Gasteiger partial charge in [0.15, 0.2) is 0 Å². The molecule has 0 aliphatic heterocycles. The molecule has 0 radical (unpaired) electrons. The molecule has 2 heterocycles. The highest BCUT2D eigenvalue weighted by molar-refractivity contribution is 5.56. The van der Waals surface area contributed by atoms with Gasteiger partial charge in [0.25, 0.3) is 0 Å². The lowest BCUT2D eigenvalue weighted by Crippen LogP contribution is -2.02. The maximum atomic E-state index is 5.43. The maximum absolute atomic E-state index is 5.43. The maximum Gasteiger partial charge on any atom is 0.114 e. The summed E-state index contributed by atoms with van der Waals surface area (Å²) in [4.78, 5) is 7.02. The largest absolute Gasteiger partial charge is 0.367 e. The predicted molar refractivity (Wildman–Crippen MR) is 42.2 cm³/mol. The van der Waals surface area contributed by atoms with Crippen molar-refractivity contribution in [1.29, 1.82) is 0 Å². The Morgan fingerprint density at radius 1 is 1.55 bits per heavy atom. The van der Waals surface area contributed by atoms with E-state index in [1.165, 1.54) is 4.68 Å². The van der Waals surface area contributed by atoms with Crippen LogP contribution in [0.1, 0.15) is 0 Å². The minimum Gasteiger partial charge on any atom is -0.367 e. The van der Waals surface area contributed by atoms with Gasteiger partial charge in [0.05, 0.1) is 11.9 Å². The Hall–Kier alpha value is -1.71. The number of imidazole rings is 1. The van der Waals surface area contributed by atoms with Gasteiger partial charge in [-0.1, -0.05) is 0 Å². The smallest absolute Gasteiger partial charge is 0.114 e. The first-order valence-corrected chi connectivity index (χ1v) is 3.28. The zero-order valence-corrected chi connectivity index (χ0v) is 5.86. The highest BCUT2D eigenvalue weighted by atomic mass is 15.3. The van der Waals surface area contributed by atoms with Crippen molar-refractivity contribution in [2.75, 3.05) is 5.84 Å². The minimum absolute atomic E-state index is 0.883. The third kappa shape index (κ3) is 0.980. The van der Waals surface area contributed by atoms with Crippen molar-refractivity contribution >= 4 is 0 Å². The van der Waals surface area contributed by atoms with Gasteiger partial charge in [0.2, 0.25) is 0 Å². The molecule has 0 bridgehead atoms. The van der Waals surface area contributed by atoms with E-state index in [0.717, 1.165) is 11.3 Å². The molecule has 0 saturated carbocycles. The first-order chi connectivity index (χ1) is 5.36. The Labute approximate surface area is 63.6 Å². The van der Waals surface area contributed by atoms with E-state index in [2.05, 4.69) is 9.97 Å². The fourth-order valence-electron chi connectivity index (χ4n) is 0.969. The number of nitrogens with zero attached hydrogens (tertiary/aromatic N) is 2. The highest BCUT2D eigenvalue weighted by Gasteiger charge is 1.99. The summed E-state index contributed by atoms with van der Waals surface area (Å²) >= 11 is 0. The number of nitrogen functional groups attached to an aromatic ring is 1. The Balaban J connectivity index is 2.45. The molecule has 3 N–H and O–H groups in total. The molecule has 2 aromatic heterocycles. The Kier molecular flexibility index (Phi) is 1.18. The quantitative estimate of drug-likeness (QED) is 0.581. The SMILES string of the molecule is Nn1cnc(-c2cc[nH]c2)c1. The molecule has 0 unspecified atom stereocenters. The minimum atomic E-state index is 0.883. The van der Waals surface area contributed by atoms with Crippen LogP contribution < -0.4 is 5.84 Å². The van der Waals surface area contributed by atoms with Crippen LogP contribution in [-0.2, 0) is 0 Å². The van der Waals surface area contributed by atoms with Crippen molar-refractivity contribution in [1.82, 2.24) is 14.6 Å². The molecule has 0 saturated heterocycles. The second-order valence-corrected chi connectivity index (χ2v) is 2.31. The molecule has 0 amide bonds. The van der Waals surface area contributed by atoms with Crippen LogP contribution in [0.2, 0.25) is 0 Å². The van der Waals surface area contributed by atoms with Crippen molar-refractivity contribution in [3.05, 3.63) is 31.0 Å². The normalized spacial score (nSPS) is 10.2. The van der Waals surface area contributed by atoms with Gasteiger partial charge in [-0.15, -0.1) is 0 Å².